The van der Waals surface area contributed by atoms with Gasteiger partial charge in [0, 0.05) is 19.4 Å². The third-order valence-corrected chi connectivity index (χ3v) is 4.97. The first kappa shape index (κ1) is 12.1. The van der Waals surface area contributed by atoms with Crippen LogP contribution in [0.15, 0.2) is 28.7 Å². The van der Waals surface area contributed by atoms with Crippen LogP contribution in [0.25, 0.3) is 10.1 Å². The Bertz CT molecular complexity index is 510. The fourth-order valence-electron chi connectivity index (χ4n) is 1.60. The predicted molar refractivity (Wildman–Crippen MR) is 73.9 cm³/mol. The van der Waals surface area contributed by atoms with Crippen molar-refractivity contribution in [3.8, 4) is 0 Å². The Balaban J connectivity index is 2.58. The lowest BCUT2D eigenvalue weighted by molar-refractivity contribution is 0.0653. The van der Waals surface area contributed by atoms with Crippen LogP contribution < -0.4 is 0 Å². The van der Waals surface area contributed by atoms with Crippen LogP contribution in [0.4, 0.5) is 0 Å². The molecule has 0 bridgehead atoms. The van der Waals surface area contributed by atoms with Crippen LogP contribution in [0.2, 0.25) is 0 Å². The zero-order valence-corrected chi connectivity index (χ0v) is 12.0. The molecule has 0 radical (unpaired) electrons. The van der Waals surface area contributed by atoms with Crippen molar-refractivity contribution in [3.05, 3.63) is 33.6 Å². The maximum atomic E-state index is 10.3. The van der Waals surface area contributed by atoms with E-state index >= 15 is 0 Å². The van der Waals surface area contributed by atoms with E-state index in [9.17, 15) is 5.11 Å². The summed E-state index contributed by atoms with van der Waals surface area (Å²) in [5.41, 5.74) is -0.136. The summed E-state index contributed by atoms with van der Waals surface area (Å²) in [5.74, 6) is 0. The maximum absolute atomic E-state index is 10.3. The molecule has 0 aliphatic carbocycles. The van der Waals surface area contributed by atoms with Crippen molar-refractivity contribution in [2.75, 3.05) is 0 Å². The second-order valence-electron chi connectivity index (χ2n) is 5.05. The second kappa shape index (κ2) is 4.13. The zero-order valence-electron chi connectivity index (χ0n) is 9.62. The van der Waals surface area contributed by atoms with Crippen LogP contribution in [0.1, 0.15) is 31.8 Å². The lowest BCUT2D eigenvalue weighted by Crippen LogP contribution is -2.16. The summed E-state index contributed by atoms with van der Waals surface area (Å²) < 4.78 is 2.25. The van der Waals surface area contributed by atoms with Crippen LogP contribution in [-0.2, 0) is 0 Å². The minimum absolute atomic E-state index is 0.136. The number of rotatable bonds is 1. The summed E-state index contributed by atoms with van der Waals surface area (Å²) in [5, 5.41) is 11.5. The van der Waals surface area contributed by atoms with Gasteiger partial charge in [-0.05, 0) is 27.4 Å². The Hall–Kier alpha value is -0.380. The third-order valence-electron chi connectivity index (χ3n) is 2.63. The van der Waals surface area contributed by atoms with Gasteiger partial charge in [-0.1, -0.05) is 39.0 Å². The second-order valence-corrected chi connectivity index (χ2v) is 6.92. The summed E-state index contributed by atoms with van der Waals surface area (Å²) in [6.07, 6.45) is -0.431. The summed E-state index contributed by atoms with van der Waals surface area (Å²) in [6, 6.07) is 8.21. The lowest BCUT2D eigenvalue weighted by atomic mass is 9.88. The van der Waals surface area contributed by atoms with E-state index in [1.165, 1.54) is 10.1 Å². The van der Waals surface area contributed by atoms with Gasteiger partial charge in [-0.25, -0.2) is 0 Å². The smallest absolute Gasteiger partial charge is 0.0941 e. The highest BCUT2D eigenvalue weighted by atomic mass is 79.9. The number of thiophene rings is 1. The van der Waals surface area contributed by atoms with Crippen LogP contribution >= 0.6 is 27.3 Å². The number of aliphatic hydroxyl groups is 1. The van der Waals surface area contributed by atoms with Gasteiger partial charge in [0.05, 0.1) is 6.10 Å². The van der Waals surface area contributed by atoms with Crippen molar-refractivity contribution in [1.82, 2.24) is 0 Å². The SMILES string of the molecule is CC(C)(C)C(O)c1sc2ccccc2c1Br. The monoisotopic (exact) mass is 298 g/mol. The molecule has 0 saturated carbocycles. The van der Waals surface area contributed by atoms with E-state index in [-0.39, 0.29) is 5.41 Å². The number of aliphatic hydroxyl groups excluding tert-OH is 1. The Morgan fingerprint density at radius 2 is 1.88 bits per heavy atom. The van der Waals surface area contributed by atoms with Crippen LogP contribution in [-0.4, -0.2) is 5.11 Å². The van der Waals surface area contributed by atoms with Crippen LogP contribution in [0.5, 0.6) is 0 Å². The normalized spacial score (nSPS) is 14.3. The molecule has 1 unspecified atom stereocenters. The van der Waals surface area contributed by atoms with Gasteiger partial charge in [-0.2, -0.15) is 0 Å². The lowest BCUT2D eigenvalue weighted by Gasteiger charge is -2.25. The Morgan fingerprint density at radius 1 is 1.25 bits per heavy atom. The van der Waals surface area contributed by atoms with Crippen molar-refractivity contribution in [1.29, 1.82) is 0 Å². The molecule has 1 nitrogen and oxygen atoms in total. The number of halogens is 1. The molecule has 1 N–H and O–H groups in total. The molecule has 0 fully saturated rings. The molecule has 1 atom stereocenters. The summed E-state index contributed by atoms with van der Waals surface area (Å²) >= 11 is 5.26. The number of hydrogen-bond acceptors (Lipinski definition) is 2. The van der Waals surface area contributed by atoms with E-state index in [0.717, 1.165) is 9.35 Å². The molecule has 2 rings (SSSR count). The topological polar surface area (TPSA) is 20.2 Å². The average molecular weight is 299 g/mol. The molecule has 0 aliphatic rings. The van der Waals surface area contributed by atoms with E-state index < -0.39 is 6.10 Å². The van der Waals surface area contributed by atoms with E-state index in [4.69, 9.17) is 0 Å². The molecule has 86 valence electrons. The van der Waals surface area contributed by atoms with Crippen molar-refractivity contribution < 1.29 is 5.11 Å². The van der Waals surface area contributed by atoms with Gasteiger partial charge in [0.25, 0.3) is 0 Å². The summed E-state index contributed by atoms with van der Waals surface area (Å²) in [7, 11) is 0. The van der Waals surface area contributed by atoms with Gasteiger partial charge in [-0.3, -0.25) is 0 Å². The summed E-state index contributed by atoms with van der Waals surface area (Å²) in [4.78, 5) is 1.02. The van der Waals surface area contributed by atoms with Crippen molar-refractivity contribution in [3.63, 3.8) is 0 Å². The first-order valence-electron chi connectivity index (χ1n) is 5.26. The molecule has 1 heterocycles. The molecule has 1 aromatic heterocycles. The molecule has 1 aromatic carbocycles. The van der Waals surface area contributed by atoms with Crippen molar-refractivity contribution in [2.45, 2.75) is 26.9 Å². The first-order valence-corrected chi connectivity index (χ1v) is 6.87. The largest absolute Gasteiger partial charge is 0.387 e. The van der Waals surface area contributed by atoms with Crippen molar-refractivity contribution in [2.24, 2.45) is 5.41 Å². The number of hydrogen-bond donors (Lipinski definition) is 1. The van der Waals surface area contributed by atoms with E-state index in [1.807, 2.05) is 12.1 Å². The molecular formula is C13H15BrOS. The van der Waals surface area contributed by atoms with Gasteiger partial charge < -0.3 is 5.11 Å². The van der Waals surface area contributed by atoms with Gasteiger partial charge >= 0.3 is 0 Å². The van der Waals surface area contributed by atoms with Crippen molar-refractivity contribution >= 4 is 37.4 Å². The molecular weight excluding hydrogens is 284 g/mol. The molecule has 0 saturated heterocycles. The Kier molecular flexibility index (Phi) is 3.12. The molecule has 0 spiro atoms. The van der Waals surface area contributed by atoms with Gasteiger partial charge in [0.2, 0.25) is 0 Å². The van der Waals surface area contributed by atoms with E-state index in [1.54, 1.807) is 11.3 Å². The minimum Gasteiger partial charge on any atom is -0.387 e. The number of benzene rings is 1. The van der Waals surface area contributed by atoms with Gasteiger partial charge in [0.1, 0.15) is 0 Å². The fraction of sp³-hybridized carbons (Fsp3) is 0.385. The quantitative estimate of drug-likeness (QED) is 0.806. The van der Waals surface area contributed by atoms with Crippen LogP contribution in [0.3, 0.4) is 0 Å². The minimum atomic E-state index is -0.431. The Morgan fingerprint density at radius 3 is 2.44 bits per heavy atom. The number of fused-ring (bicyclic) bond motifs is 1. The Labute approximate surface area is 108 Å². The zero-order chi connectivity index (χ0) is 11.9. The van der Waals surface area contributed by atoms with Crippen LogP contribution in [0, 0.1) is 5.41 Å². The highest BCUT2D eigenvalue weighted by molar-refractivity contribution is 9.10. The standard InChI is InChI=1S/C13H15BrOS/c1-13(2,3)12(15)11-10(14)8-6-4-5-7-9(8)16-11/h4-7,12,15H,1-3H3. The molecule has 0 aliphatic heterocycles. The highest BCUT2D eigenvalue weighted by Gasteiger charge is 2.27. The van der Waals surface area contributed by atoms with Gasteiger partial charge in [0.15, 0.2) is 0 Å². The predicted octanol–water partition coefficient (Wildman–Crippen LogP) is 4.74. The molecule has 3 heteroatoms. The fourth-order valence-corrected chi connectivity index (χ4v) is 3.87. The molecule has 16 heavy (non-hydrogen) atoms. The summed E-state index contributed by atoms with van der Waals surface area (Å²) in [6.45, 7) is 6.15. The van der Waals surface area contributed by atoms with E-state index in [0.29, 0.717) is 0 Å². The van der Waals surface area contributed by atoms with E-state index in [2.05, 4.69) is 48.8 Å². The first-order chi connectivity index (χ1) is 7.41. The molecule has 2 aromatic rings. The maximum Gasteiger partial charge on any atom is 0.0941 e. The molecule has 0 amide bonds. The highest BCUT2D eigenvalue weighted by Crippen LogP contribution is 2.44. The average Bonchev–Trinajstić information content (AvgIpc) is 2.54. The third kappa shape index (κ3) is 2.04. The van der Waals surface area contributed by atoms with Gasteiger partial charge in [-0.15, -0.1) is 11.3 Å².